The van der Waals surface area contributed by atoms with Crippen LogP contribution in [-0.2, 0) is 9.59 Å². The number of likely N-dealkylation sites (tertiary alicyclic amines) is 1. The van der Waals surface area contributed by atoms with E-state index in [0.717, 1.165) is 13.0 Å². The predicted molar refractivity (Wildman–Crippen MR) is 89.0 cm³/mol. The molecule has 6 nitrogen and oxygen atoms in total. The van der Waals surface area contributed by atoms with Crippen molar-refractivity contribution in [1.82, 2.24) is 15.5 Å². The molecule has 0 aliphatic carbocycles. The van der Waals surface area contributed by atoms with E-state index in [2.05, 4.69) is 22.6 Å². The topological polar surface area (TPSA) is 87.5 Å². The van der Waals surface area contributed by atoms with Crippen molar-refractivity contribution in [3.8, 4) is 0 Å². The van der Waals surface area contributed by atoms with E-state index in [1.165, 1.54) is 6.42 Å². The Morgan fingerprint density at radius 2 is 1.90 bits per heavy atom. The van der Waals surface area contributed by atoms with Crippen molar-refractivity contribution in [2.45, 2.75) is 38.8 Å². The molecule has 1 fully saturated rings. The van der Waals surface area contributed by atoms with Gasteiger partial charge in [0.15, 0.2) is 0 Å². The minimum Gasteiger partial charge on any atom is -0.353 e. The molecule has 0 aromatic carbocycles. The van der Waals surface area contributed by atoms with Crippen LogP contribution < -0.4 is 16.4 Å². The maximum absolute atomic E-state index is 11.6. The molecule has 1 aliphatic rings. The number of likely N-dealkylation sites (N-methyl/N-ethyl adjacent to an activating group) is 1. The molecule has 0 spiro atoms. The maximum atomic E-state index is 11.6. The smallest absolute Gasteiger partial charge is 0.239 e. The molecule has 2 amide bonds. The van der Waals surface area contributed by atoms with E-state index in [0.29, 0.717) is 12.6 Å². The first kappa shape index (κ1) is 22.7. The first-order chi connectivity index (χ1) is 8.91. The van der Waals surface area contributed by atoms with Crippen LogP contribution in [0.3, 0.4) is 0 Å². The lowest BCUT2D eigenvalue weighted by Crippen LogP contribution is -2.48. The van der Waals surface area contributed by atoms with Crippen LogP contribution in [-0.4, -0.2) is 55.5 Å². The Morgan fingerprint density at radius 1 is 1.29 bits per heavy atom. The van der Waals surface area contributed by atoms with Gasteiger partial charge in [-0.25, -0.2) is 0 Å². The first-order valence-electron chi connectivity index (χ1n) is 6.92. The number of nitrogens with two attached hydrogens (primary N) is 1. The zero-order valence-corrected chi connectivity index (χ0v) is 14.6. The van der Waals surface area contributed by atoms with Crippen molar-refractivity contribution in [3.05, 3.63) is 0 Å². The van der Waals surface area contributed by atoms with Crippen molar-refractivity contribution in [2.24, 2.45) is 11.7 Å². The highest BCUT2D eigenvalue weighted by Crippen LogP contribution is 2.13. The Kier molecular flexibility index (Phi) is 12.0. The van der Waals surface area contributed by atoms with E-state index in [9.17, 15) is 9.59 Å². The van der Waals surface area contributed by atoms with Gasteiger partial charge in [0.05, 0.1) is 12.6 Å². The summed E-state index contributed by atoms with van der Waals surface area (Å²) in [6, 6.07) is -0.147. The van der Waals surface area contributed by atoms with E-state index in [4.69, 9.17) is 5.73 Å². The molecular formula is C13H28Cl2N4O2. The average molecular weight is 343 g/mol. The Balaban J connectivity index is 0. The summed E-state index contributed by atoms with van der Waals surface area (Å²) in [5, 5.41) is 5.40. The number of nitrogens with zero attached hydrogens (tertiary/aromatic N) is 1. The van der Waals surface area contributed by atoms with Crippen molar-refractivity contribution in [2.75, 3.05) is 26.7 Å². The van der Waals surface area contributed by atoms with Crippen molar-refractivity contribution >= 4 is 36.6 Å². The van der Waals surface area contributed by atoms with Gasteiger partial charge in [-0.3, -0.25) is 9.59 Å². The van der Waals surface area contributed by atoms with Crippen LogP contribution in [0.1, 0.15) is 26.7 Å². The number of nitrogens with one attached hydrogen (secondary N) is 2. The van der Waals surface area contributed by atoms with Crippen LogP contribution >= 0.6 is 24.8 Å². The lowest BCUT2D eigenvalue weighted by Gasteiger charge is -2.20. The molecule has 1 heterocycles. The van der Waals surface area contributed by atoms with E-state index in [-0.39, 0.29) is 49.1 Å². The van der Waals surface area contributed by atoms with Crippen LogP contribution in [0.2, 0.25) is 0 Å². The molecule has 1 aliphatic heterocycles. The first-order valence-corrected chi connectivity index (χ1v) is 6.92. The SMILES string of the molecule is CC(C)[C@H](N)C(=O)NCC(=O)NCC1CCCN1C.Cl.Cl. The molecule has 0 aromatic heterocycles. The molecule has 0 bridgehead atoms. The predicted octanol–water partition coefficient (Wildman–Crippen LogP) is 0.140. The molecular weight excluding hydrogens is 315 g/mol. The van der Waals surface area contributed by atoms with Crippen LogP contribution in [0, 0.1) is 5.92 Å². The third kappa shape index (κ3) is 7.85. The highest BCUT2D eigenvalue weighted by Gasteiger charge is 2.21. The standard InChI is InChI=1S/C13H26N4O2.2ClH/c1-9(2)12(14)13(19)16-8-11(18)15-7-10-5-4-6-17(10)3;;/h9-10,12H,4-8,14H2,1-3H3,(H,15,18)(H,16,19);2*1H/t10?,12-;;/m0../s1. The number of carbonyl (C=O) groups excluding carboxylic acids is 2. The highest BCUT2D eigenvalue weighted by atomic mass is 35.5. The van der Waals surface area contributed by atoms with Gasteiger partial charge in [0, 0.05) is 12.6 Å². The van der Waals surface area contributed by atoms with Gasteiger partial charge >= 0.3 is 0 Å². The fourth-order valence-corrected chi connectivity index (χ4v) is 2.12. The molecule has 1 saturated heterocycles. The summed E-state index contributed by atoms with van der Waals surface area (Å²) in [5.74, 6) is -0.372. The molecule has 2 atom stereocenters. The van der Waals surface area contributed by atoms with Gasteiger partial charge in [0.2, 0.25) is 11.8 Å². The number of halogens is 2. The van der Waals surface area contributed by atoms with Crippen molar-refractivity contribution in [1.29, 1.82) is 0 Å². The quantitative estimate of drug-likeness (QED) is 0.640. The molecule has 0 saturated carbocycles. The van der Waals surface area contributed by atoms with Gasteiger partial charge in [0.25, 0.3) is 0 Å². The molecule has 4 N–H and O–H groups in total. The second kappa shape index (κ2) is 11.1. The summed E-state index contributed by atoms with van der Waals surface area (Å²) >= 11 is 0. The number of hydrogen-bond donors (Lipinski definition) is 3. The normalized spacial score (nSPS) is 19.4. The van der Waals surface area contributed by atoms with Gasteiger partial charge in [-0.2, -0.15) is 0 Å². The summed E-state index contributed by atoms with van der Waals surface area (Å²) in [7, 11) is 2.06. The second-order valence-electron chi connectivity index (χ2n) is 5.57. The van der Waals surface area contributed by atoms with Gasteiger partial charge in [-0.05, 0) is 32.4 Å². The minimum absolute atomic E-state index is 0. The van der Waals surface area contributed by atoms with E-state index < -0.39 is 6.04 Å². The zero-order valence-electron chi connectivity index (χ0n) is 12.9. The zero-order chi connectivity index (χ0) is 14.4. The fourth-order valence-electron chi connectivity index (χ4n) is 2.12. The number of hydrogen-bond acceptors (Lipinski definition) is 4. The molecule has 1 rings (SSSR count). The van der Waals surface area contributed by atoms with Crippen LogP contribution in [0.4, 0.5) is 0 Å². The summed E-state index contributed by atoms with van der Waals surface area (Å²) in [5.41, 5.74) is 5.69. The Morgan fingerprint density at radius 3 is 2.38 bits per heavy atom. The van der Waals surface area contributed by atoms with Crippen molar-refractivity contribution in [3.63, 3.8) is 0 Å². The number of amides is 2. The Labute approximate surface area is 139 Å². The Hall–Kier alpha value is -0.560. The lowest BCUT2D eigenvalue weighted by atomic mass is 10.1. The second-order valence-corrected chi connectivity index (χ2v) is 5.57. The minimum atomic E-state index is -0.561. The van der Waals surface area contributed by atoms with Gasteiger partial charge in [-0.1, -0.05) is 13.8 Å². The van der Waals surface area contributed by atoms with Crippen molar-refractivity contribution < 1.29 is 9.59 Å². The third-order valence-corrected chi connectivity index (χ3v) is 3.65. The van der Waals surface area contributed by atoms with E-state index >= 15 is 0 Å². The highest BCUT2D eigenvalue weighted by molar-refractivity contribution is 5.87. The van der Waals surface area contributed by atoms with Crippen LogP contribution in [0.25, 0.3) is 0 Å². The maximum Gasteiger partial charge on any atom is 0.239 e. The largest absolute Gasteiger partial charge is 0.353 e. The number of carbonyl (C=O) groups is 2. The van der Waals surface area contributed by atoms with Gasteiger partial charge in [-0.15, -0.1) is 24.8 Å². The summed E-state index contributed by atoms with van der Waals surface area (Å²) in [4.78, 5) is 25.4. The summed E-state index contributed by atoms with van der Waals surface area (Å²) in [6.45, 7) is 5.47. The van der Waals surface area contributed by atoms with Gasteiger partial charge in [0.1, 0.15) is 0 Å². The van der Waals surface area contributed by atoms with Crippen LogP contribution in [0.5, 0.6) is 0 Å². The monoisotopic (exact) mass is 342 g/mol. The molecule has 0 aromatic rings. The molecule has 21 heavy (non-hydrogen) atoms. The third-order valence-electron chi connectivity index (χ3n) is 3.65. The fraction of sp³-hybridized carbons (Fsp3) is 0.846. The van der Waals surface area contributed by atoms with Crippen LogP contribution in [0.15, 0.2) is 0 Å². The number of rotatable bonds is 6. The summed E-state index contributed by atoms with van der Waals surface area (Å²) < 4.78 is 0. The molecule has 8 heteroatoms. The molecule has 1 unspecified atom stereocenters. The van der Waals surface area contributed by atoms with E-state index in [1.54, 1.807) is 0 Å². The molecule has 0 radical (unpaired) electrons. The van der Waals surface area contributed by atoms with Gasteiger partial charge < -0.3 is 21.3 Å². The lowest BCUT2D eigenvalue weighted by molar-refractivity contribution is -0.127. The Bertz CT molecular complexity index is 329. The molecule has 126 valence electrons. The average Bonchev–Trinajstić information content (AvgIpc) is 2.77. The summed E-state index contributed by atoms with van der Waals surface area (Å²) in [6.07, 6.45) is 2.29. The van der Waals surface area contributed by atoms with E-state index in [1.807, 2.05) is 13.8 Å².